The van der Waals surface area contributed by atoms with Crippen LogP contribution in [0.25, 0.3) is 22.0 Å². The minimum absolute atomic E-state index is 0.0554. The lowest BCUT2D eigenvalue weighted by Gasteiger charge is -2.08. The molecule has 98 valence electrons. The Hall–Kier alpha value is -2.46. The van der Waals surface area contributed by atoms with Crippen molar-refractivity contribution >= 4 is 28.2 Å². The minimum atomic E-state index is -0.470. The molecule has 0 saturated heterocycles. The van der Waals surface area contributed by atoms with Crippen molar-refractivity contribution in [3.63, 3.8) is 0 Å². The zero-order chi connectivity index (χ0) is 14.1. The van der Waals surface area contributed by atoms with Gasteiger partial charge in [0.25, 0.3) is 5.69 Å². The molecule has 0 saturated carbocycles. The monoisotopic (exact) mass is 284 g/mol. The molecule has 1 heterocycles. The third-order valence-electron chi connectivity index (χ3n) is 3.07. The van der Waals surface area contributed by atoms with Crippen molar-refractivity contribution in [2.24, 2.45) is 0 Å². The van der Waals surface area contributed by atoms with Crippen LogP contribution in [-0.2, 0) is 0 Å². The van der Waals surface area contributed by atoms with E-state index in [1.54, 1.807) is 6.20 Å². The molecule has 3 aromatic rings. The van der Waals surface area contributed by atoms with E-state index in [0.29, 0.717) is 10.5 Å². The molecule has 0 fully saturated rings. The van der Waals surface area contributed by atoms with Gasteiger partial charge in [-0.05, 0) is 17.2 Å². The number of nitrogens with zero attached hydrogens (tertiary/aromatic N) is 2. The van der Waals surface area contributed by atoms with Gasteiger partial charge in [-0.25, -0.2) is 0 Å². The summed E-state index contributed by atoms with van der Waals surface area (Å²) in [5, 5.41) is 11.9. The number of hydrogen-bond donors (Lipinski definition) is 0. The molecule has 0 bridgehead atoms. The molecule has 5 heteroatoms. The highest BCUT2D eigenvalue weighted by Crippen LogP contribution is 2.35. The summed E-state index contributed by atoms with van der Waals surface area (Å²) in [6, 6.07) is 14.4. The van der Waals surface area contributed by atoms with E-state index in [1.165, 1.54) is 12.1 Å². The topological polar surface area (TPSA) is 56.0 Å². The fraction of sp³-hybridized carbons (Fsp3) is 0. The van der Waals surface area contributed by atoms with Gasteiger partial charge in [0.05, 0.1) is 15.5 Å². The maximum absolute atomic E-state index is 10.9. The zero-order valence-electron chi connectivity index (χ0n) is 10.3. The summed E-state index contributed by atoms with van der Waals surface area (Å²) in [6.45, 7) is 0. The summed E-state index contributed by atoms with van der Waals surface area (Å²) in [5.41, 5.74) is 2.37. The smallest absolute Gasteiger partial charge is 0.258 e. The molecule has 0 N–H and O–H groups in total. The Kier molecular flexibility index (Phi) is 3.08. The maximum atomic E-state index is 10.9. The third-order valence-corrected chi connectivity index (χ3v) is 3.37. The average Bonchev–Trinajstić information content (AvgIpc) is 2.47. The number of benzene rings is 2. The number of pyridine rings is 1. The van der Waals surface area contributed by atoms with E-state index < -0.39 is 4.92 Å². The molecule has 1 aromatic heterocycles. The number of non-ortho nitro benzene ring substituents is 1. The molecule has 0 unspecified atom stereocenters. The van der Waals surface area contributed by atoms with Gasteiger partial charge in [0.15, 0.2) is 0 Å². The van der Waals surface area contributed by atoms with Gasteiger partial charge in [-0.15, -0.1) is 0 Å². The fourth-order valence-electron chi connectivity index (χ4n) is 2.19. The second-order valence-electron chi connectivity index (χ2n) is 4.30. The van der Waals surface area contributed by atoms with Crippen LogP contribution in [0.5, 0.6) is 0 Å². The zero-order valence-corrected chi connectivity index (χ0v) is 11.0. The highest BCUT2D eigenvalue weighted by Gasteiger charge is 2.14. The lowest BCUT2D eigenvalue weighted by molar-refractivity contribution is -0.384. The maximum Gasteiger partial charge on any atom is 0.273 e. The Balaban J connectivity index is 2.33. The number of rotatable bonds is 2. The van der Waals surface area contributed by atoms with Crippen molar-refractivity contribution in [3.05, 3.63) is 69.9 Å². The Morgan fingerprint density at radius 2 is 1.85 bits per heavy atom. The van der Waals surface area contributed by atoms with Crippen LogP contribution in [0.1, 0.15) is 0 Å². The van der Waals surface area contributed by atoms with Crippen LogP contribution in [0.4, 0.5) is 5.69 Å². The van der Waals surface area contributed by atoms with Crippen molar-refractivity contribution in [2.75, 3.05) is 0 Å². The van der Waals surface area contributed by atoms with Crippen LogP contribution in [0.15, 0.2) is 54.7 Å². The SMILES string of the molecule is O=[N+]([O-])c1cc(Cl)c2c(-c3ccccc3)ccnc2c1. The minimum Gasteiger partial charge on any atom is -0.258 e. The normalized spacial score (nSPS) is 10.7. The predicted molar refractivity (Wildman–Crippen MR) is 78.8 cm³/mol. The molecule has 0 aliphatic carbocycles. The van der Waals surface area contributed by atoms with Crippen molar-refractivity contribution in [1.82, 2.24) is 4.98 Å². The molecule has 0 aliphatic rings. The standard InChI is InChI=1S/C15H9ClN2O2/c16-13-8-11(18(19)20)9-14-15(13)12(6-7-17-14)10-4-2-1-3-5-10/h1-9H. The van der Waals surface area contributed by atoms with Crippen LogP contribution in [0, 0.1) is 10.1 Å². The van der Waals surface area contributed by atoms with Crippen molar-refractivity contribution in [2.45, 2.75) is 0 Å². The van der Waals surface area contributed by atoms with Gasteiger partial charge in [-0.1, -0.05) is 41.9 Å². The highest BCUT2D eigenvalue weighted by atomic mass is 35.5. The van der Waals surface area contributed by atoms with Gasteiger partial charge in [-0.3, -0.25) is 15.1 Å². The van der Waals surface area contributed by atoms with E-state index in [4.69, 9.17) is 11.6 Å². The molecule has 0 amide bonds. The highest BCUT2D eigenvalue weighted by molar-refractivity contribution is 6.36. The van der Waals surface area contributed by atoms with Gasteiger partial charge >= 0.3 is 0 Å². The number of nitro groups is 1. The molecule has 0 atom stereocenters. The molecule has 0 radical (unpaired) electrons. The number of halogens is 1. The summed E-state index contributed by atoms with van der Waals surface area (Å²) < 4.78 is 0. The van der Waals surface area contributed by atoms with E-state index in [-0.39, 0.29) is 5.69 Å². The number of nitro benzene ring substituents is 1. The van der Waals surface area contributed by atoms with Crippen LogP contribution in [-0.4, -0.2) is 9.91 Å². The van der Waals surface area contributed by atoms with Crippen molar-refractivity contribution in [1.29, 1.82) is 0 Å². The van der Waals surface area contributed by atoms with E-state index >= 15 is 0 Å². The largest absolute Gasteiger partial charge is 0.273 e. The van der Waals surface area contributed by atoms with Gasteiger partial charge in [-0.2, -0.15) is 0 Å². The molecule has 3 rings (SSSR count). The number of aromatic nitrogens is 1. The molecular formula is C15H9ClN2O2. The quantitative estimate of drug-likeness (QED) is 0.515. The molecule has 2 aromatic carbocycles. The molecule has 4 nitrogen and oxygen atoms in total. The lowest BCUT2D eigenvalue weighted by Crippen LogP contribution is -1.91. The van der Waals surface area contributed by atoms with Gasteiger partial charge in [0.1, 0.15) is 0 Å². The van der Waals surface area contributed by atoms with Crippen LogP contribution >= 0.6 is 11.6 Å². The second-order valence-corrected chi connectivity index (χ2v) is 4.71. The van der Waals surface area contributed by atoms with Crippen molar-refractivity contribution < 1.29 is 4.92 Å². The van der Waals surface area contributed by atoms with Crippen LogP contribution in [0.2, 0.25) is 5.02 Å². The molecular weight excluding hydrogens is 276 g/mol. The van der Waals surface area contributed by atoms with E-state index in [2.05, 4.69) is 4.98 Å². The molecule has 0 aliphatic heterocycles. The predicted octanol–water partition coefficient (Wildman–Crippen LogP) is 4.46. The lowest BCUT2D eigenvalue weighted by atomic mass is 10.0. The number of hydrogen-bond acceptors (Lipinski definition) is 3. The molecule has 20 heavy (non-hydrogen) atoms. The fourth-order valence-corrected chi connectivity index (χ4v) is 2.50. The second kappa shape index (κ2) is 4.90. The summed E-state index contributed by atoms with van der Waals surface area (Å²) in [6.07, 6.45) is 1.63. The summed E-state index contributed by atoms with van der Waals surface area (Å²) in [4.78, 5) is 14.6. The average molecular weight is 285 g/mol. The molecule has 0 spiro atoms. The van der Waals surface area contributed by atoms with Gasteiger partial charge in [0, 0.05) is 23.7 Å². The first-order valence-electron chi connectivity index (χ1n) is 5.95. The van der Waals surface area contributed by atoms with E-state index in [1.807, 2.05) is 36.4 Å². The summed E-state index contributed by atoms with van der Waals surface area (Å²) >= 11 is 6.22. The van der Waals surface area contributed by atoms with E-state index in [9.17, 15) is 10.1 Å². The first kappa shape index (κ1) is 12.6. The van der Waals surface area contributed by atoms with Crippen molar-refractivity contribution in [3.8, 4) is 11.1 Å². The summed E-state index contributed by atoms with van der Waals surface area (Å²) in [7, 11) is 0. The van der Waals surface area contributed by atoms with Gasteiger partial charge < -0.3 is 0 Å². The van der Waals surface area contributed by atoms with Crippen LogP contribution in [0.3, 0.4) is 0 Å². The van der Waals surface area contributed by atoms with E-state index in [0.717, 1.165) is 16.5 Å². The van der Waals surface area contributed by atoms with Gasteiger partial charge in [0.2, 0.25) is 0 Å². The Bertz CT molecular complexity index is 804. The first-order chi connectivity index (χ1) is 9.66. The van der Waals surface area contributed by atoms with Crippen LogP contribution < -0.4 is 0 Å². The summed E-state index contributed by atoms with van der Waals surface area (Å²) in [5.74, 6) is 0. The number of fused-ring (bicyclic) bond motifs is 1. The Labute approximate surface area is 119 Å². The Morgan fingerprint density at radius 3 is 2.55 bits per heavy atom. The first-order valence-corrected chi connectivity index (χ1v) is 6.32. The third kappa shape index (κ3) is 2.10. The Morgan fingerprint density at radius 1 is 1.10 bits per heavy atom.